The molecule has 2 saturated carbocycles. The summed E-state index contributed by atoms with van der Waals surface area (Å²) >= 11 is 0. The average Bonchev–Trinajstić information content (AvgIpc) is 2.93. The Hall–Kier alpha value is -1.35. The van der Waals surface area contributed by atoms with Crippen molar-refractivity contribution in [1.82, 2.24) is 0 Å². The predicted octanol–water partition coefficient (Wildman–Crippen LogP) is 3.18. The Bertz CT molecular complexity index is 594. The van der Waals surface area contributed by atoms with Crippen LogP contribution in [0.25, 0.3) is 0 Å². The molecule has 4 atom stereocenters. The Morgan fingerprint density at radius 1 is 1.20 bits per heavy atom. The van der Waals surface area contributed by atoms with Crippen LogP contribution in [0.15, 0.2) is 35.5 Å². The normalized spacial score (nSPS) is 44.1. The summed E-state index contributed by atoms with van der Waals surface area (Å²) in [4.78, 5) is 5.65. The third-order valence-corrected chi connectivity index (χ3v) is 6.57. The molecule has 0 amide bonds. The van der Waals surface area contributed by atoms with Gasteiger partial charge in [0.15, 0.2) is 0 Å². The summed E-state index contributed by atoms with van der Waals surface area (Å²) in [6, 6.07) is 10.1. The van der Waals surface area contributed by atoms with E-state index >= 15 is 0 Å². The summed E-state index contributed by atoms with van der Waals surface area (Å²) in [7, 11) is 0. The SMILES string of the molecule is CC1(C)[C@H]2CC[C@]1(C)[C@]1(O)ON=C(c3ccccc3)[C@H]21. The van der Waals surface area contributed by atoms with Crippen LogP contribution in [0.3, 0.4) is 0 Å². The third kappa shape index (κ3) is 1.11. The summed E-state index contributed by atoms with van der Waals surface area (Å²) in [5.41, 5.74) is 1.84. The molecule has 0 saturated heterocycles. The van der Waals surface area contributed by atoms with Gasteiger partial charge < -0.3 is 9.94 Å². The van der Waals surface area contributed by atoms with Crippen molar-refractivity contribution in [2.75, 3.05) is 0 Å². The Morgan fingerprint density at radius 3 is 2.60 bits per heavy atom. The minimum Gasteiger partial charge on any atom is -0.359 e. The van der Waals surface area contributed by atoms with Crippen LogP contribution in [0, 0.1) is 22.7 Å². The van der Waals surface area contributed by atoms with Gasteiger partial charge in [-0.05, 0) is 29.7 Å². The lowest BCUT2D eigenvalue weighted by Gasteiger charge is -2.42. The maximum absolute atomic E-state index is 11.2. The molecular weight excluding hydrogens is 250 g/mol. The zero-order valence-corrected chi connectivity index (χ0v) is 12.3. The molecule has 0 spiro atoms. The van der Waals surface area contributed by atoms with Crippen molar-refractivity contribution in [2.24, 2.45) is 27.8 Å². The summed E-state index contributed by atoms with van der Waals surface area (Å²) in [5.74, 6) is -0.706. The van der Waals surface area contributed by atoms with Gasteiger partial charge in [-0.25, -0.2) is 0 Å². The molecule has 1 heterocycles. The number of benzene rings is 1. The molecule has 1 aromatic carbocycles. The fourth-order valence-corrected chi connectivity index (χ4v) is 4.93. The Kier molecular flexibility index (Phi) is 2.14. The average molecular weight is 271 g/mol. The number of fused-ring (bicyclic) bond motifs is 5. The first kappa shape index (κ1) is 12.4. The highest BCUT2D eigenvalue weighted by molar-refractivity contribution is 6.04. The van der Waals surface area contributed by atoms with Gasteiger partial charge in [0.05, 0.1) is 11.6 Å². The van der Waals surface area contributed by atoms with Crippen LogP contribution < -0.4 is 0 Å². The number of aliphatic hydroxyl groups is 1. The number of hydrogen-bond acceptors (Lipinski definition) is 3. The van der Waals surface area contributed by atoms with Crippen molar-refractivity contribution >= 4 is 5.71 Å². The smallest absolute Gasteiger partial charge is 0.249 e. The van der Waals surface area contributed by atoms with Gasteiger partial charge in [-0.2, -0.15) is 0 Å². The zero-order chi connectivity index (χ0) is 14.2. The topological polar surface area (TPSA) is 41.8 Å². The molecule has 2 fully saturated rings. The summed E-state index contributed by atoms with van der Waals surface area (Å²) in [6.45, 7) is 6.70. The molecule has 0 radical (unpaired) electrons. The molecule has 3 heteroatoms. The molecule has 0 aromatic heterocycles. The number of hydrogen-bond donors (Lipinski definition) is 1. The van der Waals surface area contributed by atoms with Crippen molar-refractivity contribution in [3.05, 3.63) is 35.9 Å². The highest BCUT2D eigenvalue weighted by atomic mass is 16.7. The molecular formula is C17H21NO2. The third-order valence-electron chi connectivity index (χ3n) is 6.57. The van der Waals surface area contributed by atoms with Gasteiger partial charge in [0.25, 0.3) is 0 Å². The fourth-order valence-electron chi connectivity index (χ4n) is 4.93. The molecule has 4 rings (SSSR count). The van der Waals surface area contributed by atoms with Crippen molar-refractivity contribution in [3.8, 4) is 0 Å². The van der Waals surface area contributed by atoms with Crippen LogP contribution in [0.4, 0.5) is 0 Å². The number of nitrogens with zero attached hydrogens (tertiary/aromatic N) is 1. The molecule has 1 N–H and O–H groups in total. The van der Waals surface area contributed by atoms with E-state index in [1.54, 1.807) is 0 Å². The minimum absolute atomic E-state index is 0.00125. The fraction of sp³-hybridized carbons (Fsp3) is 0.588. The highest BCUT2D eigenvalue weighted by Gasteiger charge is 2.78. The second-order valence-corrected chi connectivity index (χ2v) is 7.31. The molecule has 3 nitrogen and oxygen atoms in total. The van der Waals surface area contributed by atoms with Crippen LogP contribution in [-0.4, -0.2) is 16.6 Å². The molecule has 2 aliphatic carbocycles. The predicted molar refractivity (Wildman–Crippen MR) is 77.1 cm³/mol. The Morgan fingerprint density at radius 2 is 1.90 bits per heavy atom. The van der Waals surface area contributed by atoms with Gasteiger partial charge in [-0.15, -0.1) is 0 Å². The van der Waals surface area contributed by atoms with Crippen molar-refractivity contribution in [3.63, 3.8) is 0 Å². The monoisotopic (exact) mass is 271 g/mol. The largest absolute Gasteiger partial charge is 0.359 e. The standard InChI is InChI=1S/C17H21NO2/c1-15(2)12-9-10-16(15,3)17(19)13(12)14(18-20-17)11-7-5-4-6-8-11/h4-8,12-13,19H,9-10H2,1-3H3/t12-,13-,16-,17+/m0/s1. The quantitative estimate of drug-likeness (QED) is 0.852. The van der Waals surface area contributed by atoms with Crippen LogP contribution in [-0.2, 0) is 4.84 Å². The first-order valence-corrected chi connectivity index (χ1v) is 7.46. The summed E-state index contributed by atoms with van der Waals surface area (Å²) in [5, 5.41) is 15.5. The minimum atomic E-state index is -1.13. The first-order chi connectivity index (χ1) is 9.42. The van der Waals surface area contributed by atoms with Gasteiger partial charge in [0.2, 0.25) is 5.79 Å². The van der Waals surface area contributed by atoms with E-state index in [2.05, 4.69) is 38.1 Å². The lowest BCUT2D eigenvalue weighted by Crippen LogP contribution is -2.51. The van der Waals surface area contributed by atoms with Crippen molar-refractivity contribution in [2.45, 2.75) is 39.4 Å². The molecule has 1 aliphatic heterocycles. The van der Waals surface area contributed by atoms with Crippen LogP contribution in [0.1, 0.15) is 39.2 Å². The van der Waals surface area contributed by atoms with Gasteiger partial charge in [0, 0.05) is 5.41 Å². The van der Waals surface area contributed by atoms with E-state index < -0.39 is 5.79 Å². The second kappa shape index (κ2) is 3.45. The number of oxime groups is 1. The maximum atomic E-state index is 11.2. The van der Waals surface area contributed by atoms with Crippen LogP contribution in [0.2, 0.25) is 0 Å². The van der Waals surface area contributed by atoms with E-state index in [4.69, 9.17) is 4.84 Å². The molecule has 0 unspecified atom stereocenters. The van der Waals surface area contributed by atoms with Gasteiger partial charge >= 0.3 is 0 Å². The zero-order valence-electron chi connectivity index (χ0n) is 12.3. The highest BCUT2D eigenvalue weighted by Crippen LogP contribution is 2.73. The lowest BCUT2D eigenvalue weighted by atomic mass is 9.68. The Labute approximate surface area is 119 Å². The maximum Gasteiger partial charge on any atom is 0.249 e. The summed E-state index contributed by atoms with van der Waals surface area (Å²) in [6.07, 6.45) is 2.15. The molecule has 20 heavy (non-hydrogen) atoms. The molecule has 106 valence electrons. The second-order valence-electron chi connectivity index (χ2n) is 7.31. The van der Waals surface area contributed by atoms with Crippen molar-refractivity contribution < 1.29 is 9.94 Å². The van der Waals surface area contributed by atoms with E-state index in [-0.39, 0.29) is 16.7 Å². The van der Waals surface area contributed by atoms with Gasteiger partial charge in [-0.1, -0.05) is 56.3 Å². The van der Waals surface area contributed by atoms with Gasteiger partial charge in [0.1, 0.15) is 0 Å². The van der Waals surface area contributed by atoms with Gasteiger partial charge in [-0.3, -0.25) is 0 Å². The number of rotatable bonds is 1. The van der Waals surface area contributed by atoms with E-state index in [9.17, 15) is 5.11 Å². The Balaban J connectivity index is 1.84. The first-order valence-electron chi connectivity index (χ1n) is 7.46. The van der Waals surface area contributed by atoms with E-state index in [1.807, 2.05) is 18.2 Å². The van der Waals surface area contributed by atoms with Crippen molar-refractivity contribution in [1.29, 1.82) is 0 Å². The van der Waals surface area contributed by atoms with E-state index in [1.165, 1.54) is 0 Å². The van der Waals surface area contributed by atoms with E-state index in [0.717, 1.165) is 24.1 Å². The van der Waals surface area contributed by atoms with Crippen LogP contribution in [0.5, 0.6) is 0 Å². The lowest BCUT2D eigenvalue weighted by molar-refractivity contribution is -0.273. The molecule has 1 aromatic rings. The summed E-state index contributed by atoms with van der Waals surface area (Å²) < 4.78 is 0. The molecule has 3 aliphatic rings. The molecule has 2 bridgehead atoms. The van der Waals surface area contributed by atoms with E-state index in [0.29, 0.717) is 5.92 Å². The van der Waals surface area contributed by atoms with Crippen LogP contribution >= 0.6 is 0 Å².